The van der Waals surface area contributed by atoms with Gasteiger partial charge in [-0.1, -0.05) is 30.3 Å². The molecule has 5 nitrogen and oxygen atoms in total. The Morgan fingerprint density at radius 1 is 1.21 bits per heavy atom. The fraction of sp³-hybridized carbons (Fsp3) is 0.429. The number of rotatable bonds is 2. The second-order valence-corrected chi connectivity index (χ2v) is 4.51. The summed E-state index contributed by atoms with van der Waals surface area (Å²) in [4.78, 5) is 0. The molecule has 2 aliphatic rings. The van der Waals surface area contributed by atoms with Gasteiger partial charge in [-0.2, -0.15) is 0 Å². The summed E-state index contributed by atoms with van der Waals surface area (Å²) >= 11 is 0. The first-order valence-electron chi connectivity index (χ1n) is 6.19. The largest absolute Gasteiger partial charge is 0.507 e. The van der Waals surface area contributed by atoms with Gasteiger partial charge in [0.25, 0.3) is 0 Å². The number of benzene rings is 1. The Bertz CT molecular complexity index is 458. The standard InChI is InChI=1S/C14H16O5/c1-16-14-10(15)7-11-12(19-14)8-17-13(18-11)9-5-3-2-4-6-9/h2-7,11-15H,8H2,1H3. The minimum Gasteiger partial charge on any atom is -0.507 e. The summed E-state index contributed by atoms with van der Waals surface area (Å²) < 4.78 is 22.0. The number of methoxy groups -OCH3 is 1. The second kappa shape index (κ2) is 5.30. The molecular formula is C14H16O5. The molecule has 0 saturated carbocycles. The lowest BCUT2D eigenvalue weighted by Crippen LogP contribution is -2.47. The maximum absolute atomic E-state index is 9.75. The number of hydrogen-bond acceptors (Lipinski definition) is 5. The number of ether oxygens (including phenoxy) is 4. The van der Waals surface area contributed by atoms with E-state index < -0.39 is 12.6 Å². The Morgan fingerprint density at radius 3 is 2.74 bits per heavy atom. The molecule has 1 fully saturated rings. The molecule has 19 heavy (non-hydrogen) atoms. The van der Waals surface area contributed by atoms with E-state index >= 15 is 0 Å². The van der Waals surface area contributed by atoms with Gasteiger partial charge in [0.15, 0.2) is 6.29 Å². The summed E-state index contributed by atoms with van der Waals surface area (Å²) in [7, 11) is 1.48. The van der Waals surface area contributed by atoms with E-state index in [0.29, 0.717) is 6.61 Å². The van der Waals surface area contributed by atoms with Gasteiger partial charge in [-0.3, -0.25) is 0 Å². The lowest BCUT2D eigenvalue weighted by molar-refractivity contribution is -0.288. The van der Waals surface area contributed by atoms with Crippen molar-refractivity contribution in [3.8, 4) is 0 Å². The smallest absolute Gasteiger partial charge is 0.216 e. The van der Waals surface area contributed by atoms with Gasteiger partial charge in [0.1, 0.15) is 18.0 Å². The molecule has 0 aromatic heterocycles. The Labute approximate surface area is 111 Å². The van der Waals surface area contributed by atoms with Gasteiger partial charge < -0.3 is 24.1 Å². The van der Waals surface area contributed by atoms with Crippen molar-refractivity contribution in [3.63, 3.8) is 0 Å². The van der Waals surface area contributed by atoms with Crippen molar-refractivity contribution >= 4 is 0 Å². The van der Waals surface area contributed by atoms with Crippen LogP contribution in [0, 0.1) is 0 Å². The van der Waals surface area contributed by atoms with E-state index in [1.807, 2.05) is 30.3 Å². The van der Waals surface area contributed by atoms with E-state index in [1.165, 1.54) is 7.11 Å². The highest BCUT2D eigenvalue weighted by atomic mass is 16.7. The Kier molecular flexibility index (Phi) is 3.52. The van der Waals surface area contributed by atoms with E-state index in [0.717, 1.165) is 5.56 Å². The van der Waals surface area contributed by atoms with Gasteiger partial charge in [0, 0.05) is 12.7 Å². The van der Waals surface area contributed by atoms with E-state index in [4.69, 9.17) is 18.9 Å². The SMILES string of the molecule is COC1OC2COC(c3ccccc3)OC2C=C1O. The van der Waals surface area contributed by atoms with Crippen molar-refractivity contribution in [2.75, 3.05) is 13.7 Å². The molecular weight excluding hydrogens is 248 g/mol. The predicted molar refractivity (Wildman–Crippen MR) is 66.4 cm³/mol. The summed E-state index contributed by atoms with van der Waals surface area (Å²) in [6, 6.07) is 9.68. The van der Waals surface area contributed by atoms with Crippen LogP contribution in [0.5, 0.6) is 0 Å². The number of fused-ring (bicyclic) bond motifs is 1. The molecule has 5 heteroatoms. The monoisotopic (exact) mass is 264 g/mol. The third-order valence-electron chi connectivity index (χ3n) is 3.22. The maximum Gasteiger partial charge on any atom is 0.216 e. The van der Waals surface area contributed by atoms with Crippen LogP contribution in [-0.2, 0) is 18.9 Å². The normalized spacial score (nSPS) is 34.5. The van der Waals surface area contributed by atoms with E-state index in [1.54, 1.807) is 6.08 Å². The summed E-state index contributed by atoms with van der Waals surface area (Å²) in [5.41, 5.74) is 0.947. The highest BCUT2D eigenvalue weighted by Crippen LogP contribution is 2.32. The molecule has 4 atom stereocenters. The van der Waals surface area contributed by atoms with Gasteiger partial charge in [0.2, 0.25) is 6.29 Å². The molecule has 4 unspecified atom stereocenters. The van der Waals surface area contributed by atoms with Crippen molar-refractivity contribution < 1.29 is 24.1 Å². The van der Waals surface area contributed by atoms with Gasteiger partial charge in [0.05, 0.1) is 6.61 Å². The highest BCUT2D eigenvalue weighted by molar-refractivity contribution is 5.17. The first kappa shape index (κ1) is 12.6. The van der Waals surface area contributed by atoms with Crippen LogP contribution < -0.4 is 0 Å². The molecule has 3 rings (SSSR count). The third kappa shape index (κ3) is 2.50. The fourth-order valence-corrected chi connectivity index (χ4v) is 2.25. The van der Waals surface area contributed by atoms with Crippen LogP contribution in [-0.4, -0.2) is 37.3 Å². The zero-order chi connectivity index (χ0) is 13.2. The topological polar surface area (TPSA) is 57.2 Å². The van der Waals surface area contributed by atoms with Gasteiger partial charge in [-0.15, -0.1) is 0 Å². The molecule has 1 aromatic carbocycles. The Morgan fingerprint density at radius 2 is 2.00 bits per heavy atom. The quantitative estimate of drug-likeness (QED) is 0.884. The molecule has 1 saturated heterocycles. The number of hydrogen-bond donors (Lipinski definition) is 1. The van der Waals surface area contributed by atoms with Crippen LogP contribution in [0.15, 0.2) is 42.2 Å². The molecule has 0 spiro atoms. The van der Waals surface area contributed by atoms with Crippen molar-refractivity contribution in [2.45, 2.75) is 24.8 Å². The molecule has 2 aliphatic heterocycles. The van der Waals surface area contributed by atoms with Crippen LogP contribution in [0.1, 0.15) is 11.9 Å². The lowest BCUT2D eigenvalue weighted by Gasteiger charge is -2.39. The highest BCUT2D eigenvalue weighted by Gasteiger charge is 2.38. The first-order valence-corrected chi connectivity index (χ1v) is 6.19. The minimum absolute atomic E-state index is 0.0393. The van der Waals surface area contributed by atoms with Gasteiger partial charge >= 0.3 is 0 Å². The van der Waals surface area contributed by atoms with Crippen molar-refractivity contribution in [3.05, 3.63) is 47.7 Å². The van der Waals surface area contributed by atoms with Crippen molar-refractivity contribution in [1.82, 2.24) is 0 Å². The summed E-state index contributed by atoms with van der Waals surface area (Å²) in [5, 5.41) is 9.75. The average Bonchev–Trinajstić information content (AvgIpc) is 2.47. The van der Waals surface area contributed by atoms with Crippen LogP contribution in [0.25, 0.3) is 0 Å². The molecule has 0 aliphatic carbocycles. The average molecular weight is 264 g/mol. The fourth-order valence-electron chi connectivity index (χ4n) is 2.25. The molecule has 2 heterocycles. The lowest BCUT2D eigenvalue weighted by atomic mass is 10.1. The molecule has 0 bridgehead atoms. The van der Waals surface area contributed by atoms with Gasteiger partial charge in [-0.05, 0) is 6.08 Å². The third-order valence-corrected chi connectivity index (χ3v) is 3.22. The molecule has 102 valence electrons. The number of aliphatic hydroxyl groups excluding tert-OH is 1. The Balaban J connectivity index is 1.75. The number of aliphatic hydroxyl groups is 1. The molecule has 1 aromatic rings. The summed E-state index contributed by atoms with van der Waals surface area (Å²) in [6.07, 6.45) is -0.136. The van der Waals surface area contributed by atoms with Crippen LogP contribution in [0.2, 0.25) is 0 Å². The van der Waals surface area contributed by atoms with Crippen molar-refractivity contribution in [1.29, 1.82) is 0 Å². The zero-order valence-corrected chi connectivity index (χ0v) is 10.6. The van der Waals surface area contributed by atoms with Crippen molar-refractivity contribution in [2.24, 2.45) is 0 Å². The minimum atomic E-state index is -0.735. The van der Waals surface area contributed by atoms with Gasteiger partial charge in [-0.25, -0.2) is 0 Å². The Hall–Kier alpha value is -1.40. The van der Waals surface area contributed by atoms with E-state index in [2.05, 4.69) is 0 Å². The second-order valence-electron chi connectivity index (χ2n) is 4.51. The van der Waals surface area contributed by atoms with E-state index in [9.17, 15) is 5.11 Å². The molecule has 0 radical (unpaired) electrons. The summed E-state index contributed by atoms with van der Waals surface area (Å²) in [5.74, 6) is 0.0393. The predicted octanol–water partition coefficient (Wildman–Crippen LogP) is 1.91. The van der Waals surface area contributed by atoms with Crippen LogP contribution in [0.3, 0.4) is 0 Å². The first-order chi connectivity index (χ1) is 9.28. The summed E-state index contributed by atoms with van der Waals surface area (Å²) in [6.45, 7) is 0.397. The molecule has 0 amide bonds. The van der Waals surface area contributed by atoms with Crippen LogP contribution >= 0.6 is 0 Å². The van der Waals surface area contributed by atoms with Crippen LogP contribution in [0.4, 0.5) is 0 Å². The van der Waals surface area contributed by atoms with E-state index in [-0.39, 0.29) is 18.0 Å². The zero-order valence-electron chi connectivity index (χ0n) is 10.6. The maximum atomic E-state index is 9.75. The molecule has 1 N–H and O–H groups in total.